The van der Waals surface area contributed by atoms with Crippen LogP contribution >= 0.6 is 0 Å². The van der Waals surface area contributed by atoms with Gasteiger partial charge in [-0.2, -0.15) is 0 Å². The third-order valence-corrected chi connectivity index (χ3v) is 2.19. The molecule has 1 aromatic rings. The monoisotopic (exact) mass is 211 g/mol. The lowest BCUT2D eigenvalue weighted by Crippen LogP contribution is -2.21. The van der Waals surface area contributed by atoms with Gasteiger partial charge in [0.25, 0.3) is 0 Å². The second-order valence-corrected chi connectivity index (χ2v) is 3.12. The number of amides is 1. The van der Waals surface area contributed by atoms with E-state index in [2.05, 4.69) is 5.32 Å². The average molecular weight is 211 g/mol. The molecule has 0 heterocycles. The Labute approximate surface area is 88.2 Å². The van der Waals surface area contributed by atoms with Crippen LogP contribution in [0.5, 0.6) is 0 Å². The maximum atomic E-state index is 13.4. The summed E-state index contributed by atoms with van der Waals surface area (Å²) in [5, 5.41) is 2.48. The lowest BCUT2D eigenvalue weighted by Gasteiger charge is -2.15. The molecule has 4 heteroatoms. The van der Waals surface area contributed by atoms with E-state index in [-0.39, 0.29) is 18.1 Å². The Morgan fingerprint density at radius 2 is 2.20 bits per heavy atom. The van der Waals surface area contributed by atoms with Crippen molar-refractivity contribution in [2.45, 2.75) is 12.5 Å². The third-order valence-electron chi connectivity index (χ3n) is 2.19. The van der Waals surface area contributed by atoms with E-state index in [1.807, 2.05) is 0 Å². The van der Waals surface area contributed by atoms with Crippen molar-refractivity contribution in [3.8, 4) is 0 Å². The first kappa shape index (κ1) is 11.7. The zero-order chi connectivity index (χ0) is 11.3. The van der Waals surface area contributed by atoms with Crippen molar-refractivity contribution >= 4 is 5.91 Å². The number of nitrogens with one attached hydrogen (secondary N) is 1. The van der Waals surface area contributed by atoms with E-state index in [1.54, 1.807) is 18.2 Å². The molecule has 0 saturated heterocycles. The van der Waals surface area contributed by atoms with Gasteiger partial charge in [-0.05, 0) is 6.07 Å². The van der Waals surface area contributed by atoms with Gasteiger partial charge in [0.1, 0.15) is 5.82 Å². The minimum absolute atomic E-state index is 0.119. The first-order valence-corrected chi connectivity index (χ1v) is 4.66. The first-order chi connectivity index (χ1) is 7.19. The van der Waals surface area contributed by atoms with Crippen LogP contribution < -0.4 is 5.32 Å². The fourth-order valence-corrected chi connectivity index (χ4v) is 1.33. The Kier molecular flexibility index (Phi) is 4.24. The van der Waals surface area contributed by atoms with Gasteiger partial charge in [-0.15, -0.1) is 0 Å². The minimum Gasteiger partial charge on any atom is -0.376 e. The molecule has 15 heavy (non-hydrogen) atoms. The highest BCUT2D eigenvalue weighted by molar-refractivity contribution is 5.76. The van der Waals surface area contributed by atoms with Gasteiger partial charge in [0.05, 0.1) is 12.5 Å². The van der Waals surface area contributed by atoms with Crippen LogP contribution in [0.2, 0.25) is 0 Å². The second kappa shape index (κ2) is 5.46. The molecule has 1 amide bonds. The molecular formula is C11H14FNO2. The topological polar surface area (TPSA) is 38.3 Å². The van der Waals surface area contributed by atoms with Gasteiger partial charge < -0.3 is 10.1 Å². The zero-order valence-electron chi connectivity index (χ0n) is 8.79. The largest absolute Gasteiger partial charge is 0.376 e. The van der Waals surface area contributed by atoms with Crippen LogP contribution in [0, 0.1) is 5.82 Å². The molecule has 3 nitrogen and oxygen atoms in total. The van der Waals surface area contributed by atoms with Gasteiger partial charge in [0.15, 0.2) is 0 Å². The normalized spacial score (nSPS) is 12.2. The zero-order valence-corrected chi connectivity index (χ0v) is 8.79. The number of carbonyl (C=O) groups excluding carboxylic acids is 1. The van der Waals surface area contributed by atoms with Crippen molar-refractivity contribution in [1.82, 2.24) is 5.32 Å². The number of ether oxygens (including phenoxy) is 1. The summed E-state index contributed by atoms with van der Waals surface area (Å²) >= 11 is 0. The number of methoxy groups -OCH3 is 1. The highest BCUT2D eigenvalue weighted by atomic mass is 19.1. The van der Waals surface area contributed by atoms with Gasteiger partial charge in [0.2, 0.25) is 5.91 Å². The lowest BCUT2D eigenvalue weighted by atomic mass is 10.1. The molecule has 0 saturated carbocycles. The smallest absolute Gasteiger partial charge is 0.222 e. The molecule has 82 valence electrons. The third kappa shape index (κ3) is 3.02. The van der Waals surface area contributed by atoms with E-state index in [4.69, 9.17) is 4.74 Å². The molecule has 0 aliphatic rings. The molecule has 1 unspecified atom stereocenters. The highest BCUT2D eigenvalue weighted by Crippen LogP contribution is 2.22. The number of hydrogen-bond acceptors (Lipinski definition) is 2. The van der Waals surface area contributed by atoms with Gasteiger partial charge in [-0.25, -0.2) is 4.39 Å². The molecule has 1 rings (SSSR count). The summed E-state index contributed by atoms with van der Waals surface area (Å²) in [6.45, 7) is 0. The molecule has 1 N–H and O–H groups in total. The van der Waals surface area contributed by atoms with Crippen LogP contribution in [0.3, 0.4) is 0 Å². The molecule has 0 aliphatic carbocycles. The minimum atomic E-state index is -0.536. The van der Waals surface area contributed by atoms with Gasteiger partial charge in [0, 0.05) is 19.7 Å². The Balaban J connectivity index is 2.83. The first-order valence-electron chi connectivity index (χ1n) is 4.66. The van der Waals surface area contributed by atoms with E-state index >= 15 is 0 Å². The fraction of sp³-hybridized carbons (Fsp3) is 0.364. The second-order valence-electron chi connectivity index (χ2n) is 3.12. The molecule has 1 aromatic carbocycles. The summed E-state index contributed by atoms with van der Waals surface area (Å²) in [5.74, 6) is -0.529. The van der Waals surface area contributed by atoms with E-state index in [9.17, 15) is 9.18 Å². The Bertz CT molecular complexity index is 341. The van der Waals surface area contributed by atoms with Crippen molar-refractivity contribution in [2.75, 3.05) is 14.2 Å². The Morgan fingerprint density at radius 1 is 1.53 bits per heavy atom. The van der Waals surface area contributed by atoms with Crippen LogP contribution in [-0.4, -0.2) is 20.1 Å². The van der Waals surface area contributed by atoms with Gasteiger partial charge in [-0.1, -0.05) is 18.2 Å². The number of benzene rings is 1. The predicted molar refractivity (Wildman–Crippen MR) is 54.8 cm³/mol. The standard InChI is InChI=1S/C11H14FNO2/c1-13-11(14)7-10(15-2)8-5-3-4-6-9(8)12/h3-6,10H,7H2,1-2H3,(H,13,14). The summed E-state index contributed by atoms with van der Waals surface area (Å²) in [5.41, 5.74) is 0.406. The van der Waals surface area contributed by atoms with E-state index in [1.165, 1.54) is 20.2 Å². The molecule has 0 fully saturated rings. The van der Waals surface area contributed by atoms with E-state index in [0.29, 0.717) is 5.56 Å². The SMILES string of the molecule is CNC(=O)CC(OC)c1ccccc1F. The molecule has 0 bridgehead atoms. The van der Waals surface area contributed by atoms with Crippen LogP contribution in [0.15, 0.2) is 24.3 Å². The van der Waals surface area contributed by atoms with Crippen molar-refractivity contribution in [3.63, 3.8) is 0 Å². The van der Waals surface area contributed by atoms with Crippen molar-refractivity contribution in [3.05, 3.63) is 35.6 Å². The van der Waals surface area contributed by atoms with Crippen molar-refractivity contribution in [2.24, 2.45) is 0 Å². The molecular weight excluding hydrogens is 197 g/mol. The summed E-state index contributed by atoms with van der Waals surface area (Å²) in [7, 11) is 3.00. The van der Waals surface area contributed by atoms with Crippen molar-refractivity contribution in [1.29, 1.82) is 0 Å². The number of hydrogen-bond donors (Lipinski definition) is 1. The number of rotatable bonds is 4. The molecule has 0 radical (unpaired) electrons. The van der Waals surface area contributed by atoms with Gasteiger partial charge >= 0.3 is 0 Å². The molecule has 0 spiro atoms. The number of carbonyl (C=O) groups is 1. The lowest BCUT2D eigenvalue weighted by molar-refractivity contribution is -0.123. The Hall–Kier alpha value is -1.42. The van der Waals surface area contributed by atoms with Crippen molar-refractivity contribution < 1.29 is 13.9 Å². The summed E-state index contributed by atoms with van der Waals surface area (Å²) in [6, 6.07) is 6.29. The van der Waals surface area contributed by atoms with Gasteiger partial charge in [-0.3, -0.25) is 4.79 Å². The predicted octanol–water partition coefficient (Wildman–Crippen LogP) is 1.65. The van der Waals surface area contributed by atoms with Crippen LogP contribution in [0.25, 0.3) is 0 Å². The van der Waals surface area contributed by atoms with Crippen LogP contribution in [-0.2, 0) is 9.53 Å². The maximum absolute atomic E-state index is 13.4. The molecule has 1 atom stereocenters. The Morgan fingerprint density at radius 3 is 2.73 bits per heavy atom. The maximum Gasteiger partial charge on any atom is 0.222 e. The van der Waals surface area contributed by atoms with Crippen LogP contribution in [0.4, 0.5) is 4.39 Å². The quantitative estimate of drug-likeness (QED) is 0.822. The van der Waals surface area contributed by atoms with E-state index in [0.717, 1.165) is 0 Å². The fourth-order valence-electron chi connectivity index (χ4n) is 1.33. The average Bonchev–Trinajstić information content (AvgIpc) is 2.26. The highest BCUT2D eigenvalue weighted by Gasteiger charge is 2.17. The summed E-state index contributed by atoms with van der Waals surface area (Å²) in [4.78, 5) is 11.2. The van der Waals surface area contributed by atoms with E-state index < -0.39 is 6.10 Å². The van der Waals surface area contributed by atoms with Crippen LogP contribution in [0.1, 0.15) is 18.1 Å². The molecule has 0 aliphatic heterocycles. The molecule has 0 aromatic heterocycles. The summed E-state index contributed by atoms with van der Waals surface area (Å²) in [6.07, 6.45) is -0.417. The summed E-state index contributed by atoms with van der Waals surface area (Å²) < 4.78 is 18.5. The number of halogens is 1.